The van der Waals surface area contributed by atoms with Crippen LogP contribution in [-0.2, 0) is 0 Å². The number of H-pyrrole nitrogens is 1. The van der Waals surface area contributed by atoms with Crippen molar-refractivity contribution in [3.63, 3.8) is 0 Å². The largest absolute Gasteiger partial charge is 0.395 e. The zero-order valence-corrected chi connectivity index (χ0v) is 12.5. The van der Waals surface area contributed by atoms with Crippen molar-refractivity contribution < 1.29 is 0 Å². The topological polar surface area (TPSA) is 80.5 Å². The molecule has 0 aliphatic carbocycles. The van der Waals surface area contributed by atoms with Crippen LogP contribution in [0.1, 0.15) is 11.3 Å². The van der Waals surface area contributed by atoms with Gasteiger partial charge in [0.05, 0.1) is 22.4 Å². The fourth-order valence-corrected chi connectivity index (χ4v) is 2.98. The molecule has 0 spiro atoms. The van der Waals surface area contributed by atoms with Gasteiger partial charge < -0.3 is 10.7 Å². The molecule has 0 unspecified atom stereocenters. The lowest BCUT2D eigenvalue weighted by atomic mass is 10.2. The molecule has 3 rings (SSSR count). The number of anilines is 1. The molecule has 5 nitrogen and oxygen atoms in total. The van der Waals surface area contributed by atoms with Crippen LogP contribution in [0.5, 0.6) is 0 Å². The Morgan fingerprint density at radius 3 is 2.80 bits per heavy atom. The summed E-state index contributed by atoms with van der Waals surface area (Å²) in [5.41, 5.74) is 10.2. The van der Waals surface area contributed by atoms with Gasteiger partial charge in [0, 0.05) is 0 Å². The molecule has 0 radical (unpaired) electrons. The predicted molar refractivity (Wildman–Crippen MR) is 81.1 cm³/mol. The van der Waals surface area contributed by atoms with E-state index in [-0.39, 0.29) is 5.28 Å². The van der Waals surface area contributed by atoms with Crippen molar-refractivity contribution in [1.29, 1.82) is 0 Å². The molecule has 0 aliphatic rings. The molecule has 0 bridgehead atoms. The highest BCUT2D eigenvalue weighted by Gasteiger charge is 2.12. The van der Waals surface area contributed by atoms with Gasteiger partial charge in [-0.1, -0.05) is 6.07 Å². The molecule has 0 atom stereocenters. The predicted octanol–water partition coefficient (Wildman–Crippen LogP) is 3.36. The SMILES string of the molecule is Cc1ccc2nc(Sc3nc(Cl)nc(C)c3N)[nH]c2c1. The highest BCUT2D eigenvalue weighted by atomic mass is 35.5. The van der Waals surface area contributed by atoms with E-state index in [9.17, 15) is 0 Å². The van der Waals surface area contributed by atoms with Gasteiger partial charge in [-0.15, -0.1) is 0 Å². The minimum absolute atomic E-state index is 0.186. The number of rotatable bonds is 2. The second kappa shape index (κ2) is 4.96. The van der Waals surface area contributed by atoms with E-state index < -0.39 is 0 Å². The van der Waals surface area contributed by atoms with Gasteiger partial charge in [-0.3, -0.25) is 0 Å². The third kappa shape index (κ3) is 2.44. The molecule has 0 amide bonds. The lowest BCUT2D eigenvalue weighted by Gasteiger charge is -2.04. The second-order valence-corrected chi connectivity index (χ2v) is 5.78. The molecule has 0 fully saturated rings. The van der Waals surface area contributed by atoms with Crippen LogP contribution >= 0.6 is 23.4 Å². The van der Waals surface area contributed by atoms with Gasteiger partial charge >= 0.3 is 0 Å². The molecule has 1 aromatic carbocycles. The van der Waals surface area contributed by atoms with Crippen LogP contribution in [0.25, 0.3) is 11.0 Å². The first kappa shape index (κ1) is 13.2. The van der Waals surface area contributed by atoms with Gasteiger partial charge in [0.1, 0.15) is 5.03 Å². The number of aromatic nitrogens is 4. The summed E-state index contributed by atoms with van der Waals surface area (Å²) >= 11 is 7.21. The number of nitrogens with two attached hydrogens (primary N) is 1. The first-order valence-corrected chi connectivity index (χ1v) is 7.16. The number of halogens is 1. The summed E-state index contributed by atoms with van der Waals surface area (Å²) in [7, 11) is 0. The van der Waals surface area contributed by atoms with Gasteiger partial charge in [-0.2, -0.15) is 0 Å². The summed E-state index contributed by atoms with van der Waals surface area (Å²) in [5.74, 6) is 0. The molecule has 2 aromatic heterocycles. The van der Waals surface area contributed by atoms with Gasteiger partial charge in [0.25, 0.3) is 0 Å². The monoisotopic (exact) mass is 305 g/mol. The number of nitrogens with one attached hydrogen (secondary N) is 1. The summed E-state index contributed by atoms with van der Waals surface area (Å²) in [6.45, 7) is 3.84. The number of nitrogens with zero attached hydrogens (tertiary/aromatic N) is 3. The summed E-state index contributed by atoms with van der Waals surface area (Å²) in [6, 6.07) is 6.05. The van der Waals surface area contributed by atoms with E-state index in [1.807, 2.05) is 25.1 Å². The molecule has 3 aromatic rings. The number of hydrogen-bond donors (Lipinski definition) is 2. The zero-order chi connectivity index (χ0) is 14.3. The van der Waals surface area contributed by atoms with Gasteiger partial charge in [0.15, 0.2) is 5.16 Å². The molecule has 0 saturated heterocycles. The number of imidazole rings is 1. The lowest BCUT2D eigenvalue weighted by Crippen LogP contribution is -1.99. The lowest BCUT2D eigenvalue weighted by molar-refractivity contribution is 1.00. The minimum atomic E-state index is 0.186. The summed E-state index contributed by atoms with van der Waals surface area (Å²) in [6.07, 6.45) is 0. The average molecular weight is 306 g/mol. The molecule has 3 N–H and O–H groups in total. The highest BCUT2D eigenvalue weighted by molar-refractivity contribution is 7.99. The molecular weight excluding hydrogens is 294 g/mol. The number of aryl methyl sites for hydroxylation is 2. The first-order chi connectivity index (χ1) is 9.52. The quantitative estimate of drug-likeness (QED) is 0.560. The van der Waals surface area contributed by atoms with Crippen molar-refractivity contribution in [1.82, 2.24) is 19.9 Å². The molecule has 7 heteroatoms. The number of benzene rings is 1. The number of nitrogen functional groups attached to an aromatic ring is 1. The van der Waals surface area contributed by atoms with Crippen molar-refractivity contribution in [3.8, 4) is 0 Å². The van der Waals surface area contributed by atoms with E-state index in [0.29, 0.717) is 16.4 Å². The van der Waals surface area contributed by atoms with Crippen LogP contribution in [-0.4, -0.2) is 19.9 Å². The summed E-state index contributed by atoms with van der Waals surface area (Å²) in [4.78, 5) is 15.9. The van der Waals surface area contributed by atoms with Gasteiger partial charge in [0.2, 0.25) is 5.28 Å². The van der Waals surface area contributed by atoms with Crippen molar-refractivity contribution in [3.05, 3.63) is 34.7 Å². The average Bonchev–Trinajstić information content (AvgIpc) is 2.76. The van der Waals surface area contributed by atoms with Crippen LogP contribution < -0.4 is 5.73 Å². The van der Waals surface area contributed by atoms with Crippen LogP contribution in [0.2, 0.25) is 5.28 Å². The molecule has 0 saturated carbocycles. The third-order valence-electron chi connectivity index (χ3n) is 2.88. The van der Waals surface area contributed by atoms with Crippen molar-refractivity contribution in [2.45, 2.75) is 24.0 Å². The zero-order valence-electron chi connectivity index (χ0n) is 10.9. The van der Waals surface area contributed by atoms with Crippen LogP contribution in [0.15, 0.2) is 28.4 Å². The van der Waals surface area contributed by atoms with E-state index in [1.54, 1.807) is 6.92 Å². The van der Waals surface area contributed by atoms with Gasteiger partial charge in [-0.25, -0.2) is 15.0 Å². The van der Waals surface area contributed by atoms with E-state index in [1.165, 1.54) is 17.3 Å². The van der Waals surface area contributed by atoms with Crippen LogP contribution in [0.4, 0.5) is 5.69 Å². The van der Waals surface area contributed by atoms with Crippen molar-refractivity contribution in [2.24, 2.45) is 0 Å². The smallest absolute Gasteiger partial charge is 0.223 e. The Morgan fingerprint density at radius 1 is 1.20 bits per heavy atom. The van der Waals surface area contributed by atoms with Crippen LogP contribution in [0, 0.1) is 13.8 Å². The molecule has 20 heavy (non-hydrogen) atoms. The maximum atomic E-state index is 5.97. The highest BCUT2D eigenvalue weighted by Crippen LogP contribution is 2.31. The second-order valence-electron chi connectivity index (χ2n) is 4.46. The molecular formula is C13H12ClN5S. The molecule has 102 valence electrons. The Morgan fingerprint density at radius 2 is 2.00 bits per heavy atom. The Kier molecular flexibility index (Phi) is 3.27. The summed E-state index contributed by atoms with van der Waals surface area (Å²) < 4.78 is 0. The number of hydrogen-bond acceptors (Lipinski definition) is 5. The Hall–Kier alpha value is -1.79. The Bertz CT molecular complexity index is 799. The van der Waals surface area contributed by atoms with E-state index in [0.717, 1.165) is 16.2 Å². The maximum Gasteiger partial charge on any atom is 0.223 e. The fourth-order valence-electron chi connectivity index (χ4n) is 1.84. The van der Waals surface area contributed by atoms with Crippen molar-refractivity contribution >= 4 is 40.1 Å². The first-order valence-electron chi connectivity index (χ1n) is 5.97. The van der Waals surface area contributed by atoms with E-state index >= 15 is 0 Å². The minimum Gasteiger partial charge on any atom is -0.395 e. The third-order valence-corrected chi connectivity index (χ3v) is 3.94. The Balaban J connectivity index is 2.01. The molecule has 0 aliphatic heterocycles. The number of fused-ring (bicyclic) bond motifs is 1. The van der Waals surface area contributed by atoms with Crippen molar-refractivity contribution in [2.75, 3.05) is 5.73 Å². The Labute approximate surface area is 125 Å². The van der Waals surface area contributed by atoms with E-state index in [2.05, 4.69) is 19.9 Å². The summed E-state index contributed by atoms with van der Waals surface area (Å²) in [5, 5.41) is 1.52. The molecule has 2 heterocycles. The number of aromatic amines is 1. The van der Waals surface area contributed by atoms with Crippen LogP contribution in [0.3, 0.4) is 0 Å². The normalized spacial score (nSPS) is 11.2. The van der Waals surface area contributed by atoms with Gasteiger partial charge in [-0.05, 0) is 54.9 Å². The standard InChI is InChI=1S/C13H12ClN5S/c1-6-3-4-8-9(5-6)18-13(17-8)20-11-10(15)7(2)16-12(14)19-11/h3-5H,15H2,1-2H3,(H,17,18). The maximum absolute atomic E-state index is 5.97. The fraction of sp³-hybridized carbons (Fsp3) is 0.154. The van der Waals surface area contributed by atoms with E-state index in [4.69, 9.17) is 17.3 Å².